The maximum Gasteiger partial charge on any atom is 0.270 e. The lowest BCUT2D eigenvalue weighted by molar-refractivity contribution is -0.122. The summed E-state index contributed by atoms with van der Waals surface area (Å²) in [5, 5.41) is 3.00. The van der Waals surface area contributed by atoms with E-state index in [-0.39, 0.29) is 10.7 Å². The van der Waals surface area contributed by atoms with Gasteiger partial charge in [-0.2, -0.15) is 0 Å². The van der Waals surface area contributed by atoms with Gasteiger partial charge in [-0.1, -0.05) is 17.7 Å². The predicted octanol–water partition coefficient (Wildman–Crippen LogP) is 3.51. The van der Waals surface area contributed by atoms with Crippen LogP contribution >= 0.6 is 23.8 Å². The lowest BCUT2D eigenvalue weighted by atomic mass is 10.1. The van der Waals surface area contributed by atoms with Crippen LogP contribution in [0.4, 0.5) is 5.69 Å². The number of rotatable bonds is 5. The number of hydrogen-bond donors (Lipinski definition) is 1. The highest BCUT2D eigenvalue weighted by Crippen LogP contribution is 2.39. The first-order valence-corrected chi connectivity index (χ1v) is 9.57. The minimum atomic E-state index is -0.604. The zero-order valence-corrected chi connectivity index (χ0v) is 18.3. The largest absolute Gasteiger partial charge is 0.493 e. The Morgan fingerprint density at radius 1 is 1.03 bits per heavy atom. The molecule has 0 bridgehead atoms. The van der Waals surface area contributed by atoms with Crippen LogP contribution in [0.3, 0.4) is 0 Å². The first-order chi connectivity index (χ1) is 14.3. The van der Waals surface area contributed by atoms with Crippen LogP contribution in [0.5, 0.6) is 17.2 Å². The zero-order chi connectivity index (χ0) is 22.0. The molecule has 0 spiro atoms. The molecule has 7 nitrogen and oxygen atoms in total. The third-order valence-corrected chi connectivity index (χ3v) is 5.21. The van der Waals surface area contributed by atoms with Crippen LogP contribution in [0.15, 0.2) is 35.9 Å². The molecule has 2 amide bonds. The van der Waals surface area contributed by atoms with Crippen molar-refractivity contribution in [3.63, 3.8) is 0 Å². The molecule has 2 aromatic rings. The monoisotopic (exact) mass is 446 g/mol. The molecule has 0 aliphatic carbocycles. The fourth-order valence-corrected chi connectivity index (χ4v) is 3.42. The Labute approximate surface area is 184 Å². The molecule has 0 atom stereocenters. The van der Waals surface area contributed by atoms with Gasteiger partial charge in [-0.15, -0.1) is 0 Å². The quantitative estimate of drug-likeness (QED) is 0.430. The first-order valence-electron chi connectivity index (χ1n) is 8.78. The number of halogens is 1. The third kappa shape index (κ3) is 3.96. The van der Waals surface area contributed by atoms with Crippen LogP contribution in [0.1, 0.15) is 11.1 Å². The van der Waals surface area contributed by atoms with Gasteiger partial charge >= 0.3 is 0 Å². The van der Waals surface area contributed by atoms with E-state index in [1.54, 1.807) is 30.3 Å². The summed E-state index contributed by atoms with van der Waals surface area (Å²) < 4.78 is 16.0. The van der Waals surface area contributed by atoms with Crippen molar-refractivity contribution in [2.75, 3.05) is 26.2 Å². The average molecular weight is 447 g/mol. The number of carbonyl (C=O) groups is 2. The lowest BCUT2D eigenvalue weighted by Crippen LogP contribution is -2.54. The summed E-state index contributed by atoms with van der Waals surface area (Å²) in [5.41, 5.74) is 1.72. The molecule has 9 heteroatoms. The molecule has 1 heterocycles. The van der Waals surface area contributed by atoms with E-state index in [9.17, 15) is 9.59 Å². The second kappa shape index (κ2) is 8.73. The maximum absolute atomic E-state index is 13.2. The highest BCUT2D eigenvalue weighted by Gasteiger charge is 2.34. The van der Waals surface area contributed by atoms with Crippen LogP contribution in [0, 0.1) is 6.92 Å². The number of carbonyl (C=O) groups excluding carboxylic acids is 2. The van der Waals surface area contributed by atoms with Gasteiger partial charge in [-0.05, 0) is 60.6 Å². The number of anilines is 1. The molecule has 30 heavy (non-hydrogen) atoms. The van der Waals surface area contributed by atoms with Gasteiger partial charge in [-0.3, -0.25) is 19.8 Å². The number of benzene rings is 2. The molecular formula is C21H19ClN2O5S. The molecule has 0 radical (unpaired) electrons. The van der Waals surface area contributed by atoms with Gasteiger partial charge in [0.2, 0.25) is 5.75 Å². The van der Waals surface area contributed by atoms with E-state index < -0.39 is 11.8 Å². The van der Waals surface area contributed by atoms with Gasteiger partial charge in [-0.25, -0.2) is 0 Å². The summed E-state index contributed by atoms with van der Waals surface area (Å²) in [6, 6.07) is 8.37. The number of hydrogen-bond acceptors (Lipinski definition) is 6. The van der Waals surface area contributed by atoms with E-state index in [0.717, 1.165) is 5.56 Å². The molecule has 1 N–H and O–H groups in total. The fraction of sp³-hybridized carbons (Fsp3) is 0.190. The van der Waals surface area contributed by atoms with E-state index in [1.807, 2.05) is 6.92 Å². The van der Waals surface area contributed by atoms with E-state index >= 15 is 0 Å². The van der Waals surface area contributed by atoms with Gasteiger partial charge < -0.3 is 14.2 Å². The van der Waals surface area contributed by atoms with Crippen molar-refractivity contribution in [3.8, 4) is 17.2 Å². The Hall–Kier alpha value is -3.10. The van der Waals surface area contributed by atoms with Crippen LogP contribution in [0.2, 0.25) is 5.02 Å². The molecule has 3 rings (SSSR count). The maximum atomic E-state index is 13.2. The Kier molecular flexibility index (Phi) is 6.28. The predicted molar refractivity (Wildman–Crippen MR) is 118 cm³/mol. The topological polar surface area (TPSA) is 77.1 Å². The average Bonchev–Trinajstić information content (AvgIpc) is 2.72. The van der Waals surface area contributed by atoms with Crippen molar-refractivity contribution in [1.29, 1.82) is 0 Å². The molecule has 0 unspecified atom stereocenters. The summed E-state index contributed by atoms with van der Waals surface area (Å²) in [6.07, 6.45) is 1.44. The second-order valence-corrected chi connectivity index (χ2v) is 7.14. The molecule has 0 aromatic heterocycles. The molecule has 1 saturated heterocycles. The smallest absolute Gasteiger partial charge is 0.270 e. The molecule has 0 saturated carbocycles. The standard InChI is InChI=1S/C21H19ClN2O5S/c1-11-5-6-13(10-15(11)22)24-20(26)14(19(25)23-21(24)30)7-12-8-16(27-2)18(29-4)17(9-12)28-3/h5-10H,1-4H3,(H,23,25,30)/b14-7+. The van der Waals surface area contributed by atoms with Crippen molar-refractivity contribution in [1.82, 2.24) is 5.32 Å². The summed E-state index contributed by atoms with van der Waals surface area (Å²) in [5.74, 6) is 0.0134. The van der Waals surface area contributed by atoms with E-state index in [2.05, 4.69) is 5.32 Å². The van der Waals surface area contributed by atoms with E-state index in [1.165, 1.54) is 32.3 Å². The van der Waals surface area contributed by atoms with Crippen LogP contribution in [0.25, 0.3) is 6.08 Å². The minimum Gasteiger partial charge on any atom is -0.493 e. The third-order valence-electron chi connectivity index (χ3n) is 4.51. The summed E-state index contributed by atoms with van der Waals surface area (Å²) in [6.45, 7) is 1.85. The number of aryl methyl sites for hydroxylation is 1. The van der Waals surface area contributed by atoms with Crippen molar-refractivity contribution < 1.29 is 23.8 Å². The Bertz CT molecular complexity index is 1060. The summed E-state index contributed by atoms with van der Waals surface area (Å²) in [7, 11) is 4.45. The Morgan fingerprint density at radius 3 is 2.20 bits per heavy atom. The Morgan fingerprint density at radius 2 is 1.67 bits per heavy atom. The van der Waals surface area contributed by atoms with Crippen molar-refractivity contribution in [3.05, 3.63) is 52.1 Å². The first kappa shape index (κ1) is 21.6. The fourth-order valence-electron chi connectivity index (χ4n) is 2.96. The molecule has 1 fully saturated rings. The lowest BCUT2D eigenvalue weighted by Gasteiger charge is -2.29. The number of amides is 2. The van der Waals surface area contributed by atoms with Gasteiger partial charge in [0.05, 0.1) is 27.0 Å². The van der Waals surface area contributed by atoms with Crippen molar-refractivity contribution in [2.45, 2.75) is 6.92 Å². The van der Waals surface area contributed by atoms with Crippen LogP contribution in [-0.4, -0.2) is 38.3 Å². The summed E-state index contributed by atoms with van der Waals surface area (Å²) >= 11 is 11.4. The molecule has 1 aliphatic heterocycles. The SMILES string of the molecule is COc1cc(/C=C2\C(=O)NC(=S)N(c3ccc(C)c(Cl)c3)C2=O)cc(OC)c1OC. The van der Waals surface area contributed by atoms with E-state index in [4.69, 9.17) is 38.0 Å². The van der Waals surface area contributed by atoms with Crippen LogP contribution < -0.4 is 24.4 Å². The van der Waals surface area contributed by atoms with Crippen molar-refractivity contribution >= 4 is 52.5 Å². The van der Waals surface area contributed by atoms with Crippen molar-refractivity contribution in [2.24, 2.45) is 0 Å². The normalized spacial score (nSPS) is 15.3. The second-order valence-electron chi connectivity index (χ2n) is 6.35. The van der Waals surface area contributed by atoms with E-state index in [0.29, 0.717) is 33.5 Å². The highest BCUT2D eigenvalue weighted by atomic mass is 35.5. The minimum absolute atomic E-state index is 0.0213. The molecular weight excluding hydrogens is 428 g/mol. The van der Waals surface area contributed by atoms with Crippen LogP contribution in [-0.2, 0) is 9.59 Å². The number of ether oxygens (including phenoxy) is 3. The van der Waals surface area contributed by atoms with Gasteiger partial charge in [0.15, 0.2) is 16.6 Å². The highest BCUT2D eigenvalue weighted by molar-refractivity contribution is 7.80. The summed E-state index contributed by atoms with van der Waals surface area (Å²) in [4.78, 5) is 26.9. The van der Waals surface area contributed by atoms with Gasteiger partial charge in [0.1, 0.15) is 5.57 Å². The molecule has 1 aliphatic rings. The number of thiocarbonyl (C=S) groups is 1. The van der Waals surface area contributed by atoms with Gasteiger partial charge in [0.25, 0.3) is 11.8 Å². The zero-order valence-electron chi connectivity index (χ0n) is 16.7. The van der Waals surface area contributed by atoms with Gasteiger partial charge in [0, 0.05) is 5.02 Å². The number of nitrogens with zero attached hydrogens (tertiary/aromatic N) is 1. The number of nitrogens with one attached hydrogen (secondary N) is 1. The molecule has 2 aromatic carbocycles. The molecule has 156 valence electrons. The Balaban J connectivity index is 2.07. The number of methoxy groups -OCH3 is 3.